The number of aromatic nitrogens is 3. The number of benzene rings is 3. The Morgan fingerprint density at radius 1 is 0.733 bits per heavy atom. The fourth-order valence-corrected chi connectivity index (χ4v) is 3.55. The van der Waals surface area contributed by atoms with Gasteiger partial charge >= 0.3 is 0 Å². The van der Waals surface area contributed by atoms with Crippen LogP contribution in [0.3, 0.4) is 0 Å². The van der Waals surface area contributed by atoms with Gasteiger partial charge in [0.25, 0.3) is 0 Å². The van der Waals surface area contributed by atoms with Crippen molar-refractivity contribution in [3.05, 3.63) is 96.6 Å². The second-order valence-electron chi connectivity index (χ2n) is 6.57. The van der Waals surface area contributed by atoms with E-state index in [2.05, 4.69) is 15.5 Å². The Hall–Kier alpha value is -3.51. The van der Waals surface area contributed by atoms with Gasteiger partial charge in [-0.05, 0) is 5.56 Å². The van der Waals surface area contributed by atoms with Crippen LogP contribution in [0.4, 0.5) is 0 Å². The number of carbonyl (C=O) groups excluding carboxylic acids is 1. The summed E-state index contributed by atoms with van der Waals surface area (Å²) in [5.74, 6) is 0.161. The van der Waals surface area contributed by atoms with Crippen molar-refractivity contribution >= 4 is 17.7 Å². The molecule has 6 heteroatoms. The Kier molecular flexibility index (Phi) is 6.47. The normalized spacial score (nSPS) is 10.5. The number of hydrogen-bond donors (Lipinski definition) is 1. The van der Waals surface area contributed by atoms with Crippen molar-refractivity contribution in [2.45, 2.75) is 11.7 Å². The molecule has 3 aromatic carbocycles. The van der Waals surface area contributed by atoms with Crippen molar-refractivity contribution in [1.29, 1.82) is 0 Å². The molecule has 0 aliphatic heterocycles. The van der Waals surface area contributed by atoms with E-state index in [1.807, 2.05) is 91.0 Å². The summed E-state index contributed by atoms with van der Waals surface area (Å²) in [5, 5.41) is 12.1. The highest BCUT2D eigenvalue weighted by Gasteiger charge is 2.14. The quantitative estimate of drug-likeness (QED) is 0.449. The molecular weight excluding hydrogens is 392 g/mol. The summed E-state index contributed by atoms with van der Waals surface area (Å²) in [7, 11) is 0. The standard InChI is InChI=1S/C24H20N4OS/c29-21(25-16-18-10-4-1-5-11-18)17-30-24-26-22(19-12-6-2-7-13-19)23(27-28-24)20-14-8-3-9-15-20/h1-15H,16-17H2,(H,25,29). The van der Waals surface area contributed by atoms with Crippen molar-refractivity contribution in [2.75, 3.05) is 5.75 Å². The lowest BCUT2D eigenvalue weighted by Gasteiger charge is -2.09. The molecule has 0 spiro atoms. The molecule has 0 aliphatic carbocycles. The maximum atomic E-state index is 12.2. The first-order chi connectivity index (χ1) is 14.8. The van der Waals surface area contributed by atoms with E-state index in [1.54, 1.807) is 0 Å². The minimum Gasteiger partial charge on any atom is -0.351 e. The summed E-state index contributed by atoms with van der Waals surface area (Å²) in [6, 6.07) is 29.6. The molecule has 0 bridgehead atoms. The monoisotopic (exact) mass is 412 g/mol. The number of nitrogens with zero attached hydrogens (tertiary/aromatic N) is 3. The second-order valence-corrected chi connectivity index (χ2v) is 7.52. The van der Waals surface area contributed by atoms with Crippen LogP contribution in [0.25, 0.3) is 22.5 Å². The predicted octanol–water partition coefficient (Wildman–Crippen LogP) is 4.61. The zero-order valence-corrected chi connectivity index (χ0v) is 17.0. The third-order valence-electron chi connectivity index (χ3n) is 4.43. The van der Waals surface area contributed by atoms with Gasteiger partial charge in [-0.1, -0.05) is 103 Å². The van der Waals surface area contributed by atoms with Crippen LogP contribution in [-0.4, -0.2) is 26.8 Å². The zero-order valence-electron chi connectivity index (χ0n) is 16.2. The number of thioether (sulfide) groups is 1. The smallest absolute Gasteiger partial charge is 0.230 e. The molecule has 1 N–H and O–H groups in total. The van der Waals surface area contributed by atoms with Crippen molar-refractivity contribution in [1.82, 2.24) is 20.5 Å². The topological polar surface area (TPSA) is 67.8 Å². The van der Waals surface area contributed by atoms with E-state index in [4.69, 9.17) is 4.98 Å². The highest BCUT2D eigenvalue weighted by atomic mass is 32.2. The Labute approximate surface area is 179 Å². The predicted molar refractivity (Wildman–Crippen MR) is 120 cm³/mol. The molecule has 0 radical (unpaired) electrons. The third kappa shape index (κ3) is 5.10. The van der Waals surface area contributed by atoms with Crippen LogP contribution in [0, 0.1) is 0 Å². The number of nitrogens with one attached hydrogen (secondary N) is 1. The van der Waals surface area contributed by atoms with Crippen molar-refractivity contribution in [3.63, 3.8) is 0 Å². The average Bonchev–Trinajstić information content (AvgIpc) is 2.83. The zero-order chi connectivity index (χ0) is 20.6. The molecule has 1 amide bonds. The van der Waals surface area contributed by atoms with E-state index < -0.39 is 0 Å². The van der Waals surface area contributed by atoms with Crippen LogP contribution >= 0.6 is 11.8 Å². The van der Waals surface area contributed by atoms with Gasteiger partial charge in [0.2, 0.25) is 11.1 Å². The SMILES string of the molecule is O=C(CSc1nnc(-c2ccccc2)c(-c2ccccc2)n1)NCc1ccccc1. The van der Waals surface area contributed by atoms with Crippen molar-refractivity contribution < 1.29 is 4.79 Å². The summed E-state index contributed by atoms with van der Waals surface area (Å²) < 4.78 is 0. The van der Waals surface area contributed by atoms with E-state index in [-0.39, 0.29) is 11.7 Å². The van der Waals surface area contributed by atoms with Gasteiger partial charge in [0.05, 0.1) is 5.75 Å². The Morgan fingerprint density at radius 3 is 1.93 bits per heavy atom. The van der Waals surface area contributed by atoms with Gasteiger partial charge in [-0.15, -0.1) is 10.2 Å². The molecule has 30 heavy (non-hydrogen) atoms. The van der Waals surface area contributed by atoms with E-state index in [0.717, 1.165) is 28.1 Å². The van der Waals surface area contributed by atoms with Crippen LogP contribution in [0.1, 0.15) is 5.56 Å². The molecule has 0 fully saturated rings. The van der Waals surface area contributed by atoms with E-state index >= 15 is 0 Å². The van der Waals surface area contributed by atoms with Crippen LogP contribution in [0.5, 0.6) is 0 Å². The molecule has 0 unspecified atom stereocenters. The van der Waals surface area contributed by atoms with E-state index in [1.165, 1.54) is 11.8 Å². The largest absolute Gasteiger partial charge is 0.351 e. The summed E-state index contributed by atoms with van der Waals surface area (Å²) in [6.45, 7) is 0.502. The van der Waals surface area contributed by atoms with E-state index in [0.29, 0.717) is 11.7 Å². The highest BCUT2D eigenvalue weighted by Crippen LogP contribution is 2.29. The highest BCUT2D eigenvalue weighted by molar-refractivity contribution is 7.99. The Balaban J connectivity index is 1.49. The molecule has 0 aliphatic rings. The number of amides is 1. The maximum Gasteiger partial charge on any atom is 0.230 e. The molecule has 0 saturated heterocycles. The van der Waals surface area contributed by atoms with Crippen molar-refractivity contribution in [2.24, 2.45) is 0 Å². The first kappa shape index (κ1) is 19.8. The molecule has 1 aromatic heterocycles. The van der Waals surface area contributed by atoms with Crippen LogP contribution in [-0.2, 0) is 11.3 Å². The minimum absolute atomic E-state index is 0.0687. The lowest BCUT2D eigenvalue weighted by atomic mass is 10.0. The Bertz CT molecular complexity index is 1110. The fourth-order valence-electron chi connectivity index (χ4n) is 2.94. The molecular formula is C24H20N4OS. The lowest BCUT2D eigenvalue weighted by molar-refractivity contribution is -0.118. The molecule has 4 aromatic rings. The first-order valence-electron chi connectivity index (χ1n) is 9.58. The first-order valence-corrected chi connectivity index (χ1v) is 10.6. The van der Waals surface area contributed by atoms with E-state index in [9.17, 15) is 4.79 Å². The molecule has 148 valence electrons. The average molecular weight is 413 g/mol. The number of carbonyl (C=O) groups is 1. The van der Waals surface area contributed by atoms with Crippen LogP contribution < -0.4 is 5.32 Å². The molecule has 1 heterocycles. The fraction of sp³-hybridized carbons (Fsp3) is 0.0833. The summed E-state index contributed by atoms with van der Waals surface area (Å²) in [4.78, 5) is 16.9. The van der Waals surface area contributed by atoms with Crippen LogP contribution in [0.2, 0.25) is 0 Å². The molecule has 0 atom stereocenters. The lowest BCUT2D eigenvalue weighted by Crippen LogP contribution is -2.24. The summed E-state index contributed by atoms with van der Waals surface area (Å²) in [6.07, 6.45) is 0. The van der Waals surface area contributed by atoms with Crippen molar-refractivity contribution in [3.8, 4) is 22.5 Å². The van der Waals surface area contributed by atoms with Gasteiger partial charge in [0.1, 0.15) is 11.4 Å². The summed E-state index contributed by atoms with van der Waals surface area (Å²) in [5.41, 5.74) is 4.45. The van der Waals surface area contributed by atoms with Crippen LogP contribution in [0.15, 0.2) is 96.2 Å². The molecule has 0 saturated carbocycles. The second kappa shape index (κ2) is 9.80. The van der Waals surface area contributed by atoms with Gasteiger partial charge in [0.15, 0.2) is 0 Å². The minimum atomic E-state index is -0.0687. The molecule has 5 nitrogen and oxygen atoms in total. The number of rotatable bonds is 7. The number of hydrogen-bond acceptors (Lipinski definition) is 5. The van der Waals surface area contributed by atoms with Gasteiger partial charge in [-0.3, -0.25) is 4.79 Å². The third-order valence-corrected chi connectivity index (χ3v) is 5.26. The summed E-state index contributed by atoms with van der Waals surface area (Å²) >= 11 is 1.28. The van der Waals surface area contributed by atoms with Gasteiger partial charge < -0.3 is 5.32 Å². The Morgan fingerprint density at radius 2 is 1.30 bits per heavy atom. The van der Waals surface area contributed by atoms with Gasteiger partial charge in [-0.2, -0.15) is 0 Å². The van der Waals surface area contributed by atoms with Gasteiger partial charge in [-0.25, -0.2) is 4.98 Å². The maximum absolute atomic E-state index is 12.2. The van der Waals surface area contributed by atoms with Gasteiger partial charge in [0, 0.05) is 17.7 Å². The molecule has 4 rings (SSSR count).